The summed E-state index contributed by atoms with van der Waals surface area (Å²) in [4.78, 5) is 12.1. The molecule has 3 N–H and O–H groups in total. The molecule has 3 heteroatoms. The van der Waals surface area contributed by atoms with Crippen LogP contribution in [0.2, 0.25) is 0 Å². The van der Waals surface area contributed by atoms with E-state index in [2.05, 4.69) is 5.32 Å². The molecule has 1 heterocycles. The van der Waals surface area contributed by atoms with E-state index in [1.807, 2.05) is 32.9 Å². The van der Waals surface area contributed by atoms with Crippen molar-refractivity contribution in [2.45, 2.75) is 58.4 Å². The van der Waals surface area contributed by atoms with Gasteiger partial charge in [0.05, 0.1) is 5.54 Å². The van der Waals surface area contributed by atoms with E-state index in [0.29, 0.717) is 0 Å². The molecule has 1 aromatic rings. The number of hydrogen-bond acceptors (Lipinski definition) is 2. The maximum absolute atomic E-state index is 12.1. The lowest BCUT2D eigenvalue weighted by molar-refractivity contribution is 0.0909. The fourth-order valence-corrected chi connectivity index (χ4v) is 3.39. The zero-order valence-corrected chi connectivity index (χ0v) is 12.2. The second-order valence-electron chi connectivity index (χ2n) is 5.36. The Balaban J connectivity index is 0.000000637. The molecule has 3 rings (SSSR count). The minimum absolute atomic E-state index is 0.0828. The van der Waals surface area contributed by atoms with Gasteiger partial charge in [0.1, 0.15) is 0 Å². The van der Waals surface area contributed by atoms with Crippen LogP contribution >= 0.6 is 0 Å². The SMILES string of the molecule is CC.Cc1cc(N)cc2c1C(=O)NC21CCCCC1. The molecule has 1 fully saturated rings. The van der Waals surface area contributed by atoms with E-state index in [1.165, 1.54) is 19.3 Å². The molecule has 1 aromatic carbocycles. The topological polar surface area (TPSA) is 55.1 Å². The third-order valence-corrected chi connectivity index (χ3v) is 4.16. The number of anilines is 1. The van der Waals surface area contributed by atoms with Gasteiger partial charge in [0.15, 0.2) is 0 Å². The number of nitrogens with two attached hydrogens (primary N) is 1. The van der Waals surface area contributed by atoms with E-state index >= 15 is 0 Å². The second kappa shape index (κ2) is 5.24. The van der Waals surface area contributed by atoms with Gasteiger partial charge in [0.25, 0.3) is 5.91 Å². The molecule has 104 valence electrons. The van der Waals surface area contributed by atoms with Crippen LogP contribution in [0, 0.1) is 6.92 Å². The Morgan fingerprint density at radius 1 is 1.16 bits per heavy atom. The number of carbonyl (C=O) groups excluding carboxylic acids is 1. The Labute approximate surface area is 115 Å². The average molecular weight is 260 g/mol. The van der Waals surface area contributed by atoms with E-state index in [-0.39, 0.29) is 11.4 Å². The fraction of sp³-hybridized carbons (Fsp3) is 0.562. The van der Waals surface area contributed by atoms with E-state index in [9.17, 15) is 4.79 Å². The van der Waals surface area contributed by atoms with Crippen molar-refractivity contribution in [2.24, 2.45) is 0 Å². The van der Waals surface area contributed by atoms with Gasteiger partial charge in [0, 0.05) is 11.3 Å². The summed E-state index contributed by atoms with van der Waals surface area (Å²) in [6.07, 6.45) is 5.75. The minimum atomic E-state index is -0.120. The highest BCUT2D eigenvalue weighted by Crippen LogP contribution is 2.44. The Bertz CT molecular complexity index is 488. The molecule has 0 unspecified atom stereocenters. The molecular formula is C16H24N2O. The number of nitrogen functional groups attached to an aromatic ring is 1. The maximum Gasteiger partial charge on any atom is 0.252 e. The molecule has 0 aromatic heterocycles. The summed E-state index contributed by atoms with van der Waals surface area (Å²) in [5.74, 6) is 0.0828. The Hall–Kier alpha value is -1.51. The van der Waals surface area contributed by atoms with E-state index in [4.69, 9.17) is 5.73 Å². The van der Waals surface area contributed by atoms with E-state index < -0.39 is 0 Å². The molecule has 3 nitrogen and oxygen atoms in total. The van der Waals surface area contributed by atoms with Gasteiger partial charge in [-0.3, -0.25) is 4.79 Å². The van der Waals surface area contributed by atoms with Gasteiger partial charge in [-0.2, -0.15) is 0 Å². The van der Waals surface area contributed by atoms with Crippen molar-refractivity contribution in [1.82, 2.24) is 5.32 Å². The minimum Gasteiger partial charge on any atom is -0.399 e. The normalized spacial score (nSPS) is 19.4. The molecule has 1 aliphatic carbocycles. The van der Waals surface area contributed by atoms with Gasteiger partial charge in [-0.15, -0.1) is 0 Å². The molecule has 1 aliphatic heterocycles. The highest BCUT2D eigenvalue weighted by molar-refractivity contribution is 6.01. The summed E-state index contributed by atoms with van der Waals surface area (Å²) in [6, 6.07) is 3.88. The van der Waals surface area contributed by atoms with Gasteiger partial charge in [-0.05, 0) is 43.0 Å². The number of carbonyl (C=O) groups is 1. The predicted octanol–water partition coefficient (Wildman–Crippen LogP) is 3.51. The molecule has 1 saturated carbocycles. The lowest BCUT2D eigenvalue weighted by Gasteiger charge is -2.34. The molecule has 0 radical (unpaired) electrons. The summed E-state index contributed by atoms with van der Waals surface area (Å²) >= 11 is 0. The number of aryl methyl sites for hydroxylation is 1. The van der Waals surface area contributed by atoms with Crippen molar-refractivity contribution in [3.8, 4) is 0 Å². The lowest BCUT2D eigenvalue weighted by atomic mass is 9.77. The van der Waals surface area contributed by atoms with Gasteiger partial charge in [-0.1, -0.05) is 33.1 Å². The number of amides is 1. The monoisotopic (exact) mass is 260 g/mol. The first-order valence-electron chi connectivity index (χ1n) is 7.35. The molecule has 0 bridgehead atoms. The fourth-order valence-electron chi connectivity index (χ4n) is 3.39. The van der Waals surface area contributed by atoms with Crippen LogP contribution in [-0.2, 0) is 5.54 Å². The Morgan fingerprint density at radius 2 is 1.79 bits per heavy atom. The molecule has 0 saturated heterocycles. The van der Waals surface area contributed by atoms with Crippen LogP contribution in [0.15, 0.2) is 12.1 Å². The largest absolute Gasteiger partial charge is 0.399 e. The molecular weight excluding hydrogens is 236 g/mol. The second-order valence-corrected chi connectivity index (χ2v) is 5.36. The van der Waals surface area contributed by atoms with Crippen LogP contribution < -0.4 is 11.1 Å². The highest BCUT2D eigenvalue weighted by Gasteiger charge is 2.44. The Kier molecular flexibility index (Phi) is 3.83. The van der Waals surface area contributed by atoms with Crippen LogP contribution in [0.4, 0.5) is 5.69 Å². The highest BCUT2D eigenvalue weighted by atomic mass is 16.2. The molecule has 1 spiro atoms. The summed E-state index contributed by atoms with van der Waals surface area (Å²) in [5.41, 5.74) is 9.57. The van der Waals surface area contributed by atoms with Crippen molar-refractivity contribution in [3.63, 3.8) is 0 Å². The number of hydrogen-bond donors (Lipinski definition) is 2. The van der Waals surface area contributed by atoms with Gasteiger partial charge in [0.2, 0.25) is 0 Å². The first-order valence-corrected chi connectivity index (χ1v) is 7.35. The first-order chi connectivity index (χ1) is 9.12. The number of benzene rings is 1. The Morgan fingerprint density at radius 3 is 2.42 bits per heavy atom. The maximum atomic E-state index is 12.1. The van der Waals surface area contributed by atoms with Crippen LogP contribution in [0.3, 0.4) is 0 Å². The number of nitrogens with one attached hydrogen (secondary N) is 1. The van der Waals surface area contributed by atoms with E-state index in [1.54, 1.807) is 0 Å². The molecule has 2 aliphatic rings. The zero-order chi connectivity index (χ0) is 14.0. The van der Waals surface area contributed by atoms with Crippen LogP contribution in [0.25, 0.3) is 0 Å². The molecule has 0 atom stereocenters. The van der Waals surface area contributed by atoms with Crippen LogP contribution in [0.5, 0.6) is 0 Å². The third kappa shape index (κ3) is 2.22. The van der Waals surface area contributed by atoms with Gasteiger partial charge in [-0.25, -0.2) is 0 Å². The van der Waals surface area contributed by atoms with Gasteiger partial charge < -0.3 is 11.1 Å². The summed E-state index contributed by atoms with van der Waals surface area (Å²) in [5, 5.41) is 3.21. The first kappa shape index (κ1) is 13.9. The number of rotatable bonds is 0. The average Bonchev–Trinajstić information content (AvgIpc) is 2.65. The van der Waals surface area contributed by atoms with Crippen LogP contribution in [-0.4, -0.2) is 5.91 Å². The third-order valence-electron chi connectivity index (χ3n) is 4.16. The summed E-state index contributed by atoms with van der Waals surface area (Å²) in [7, 11) is 0. The predicted molar refractivity (Wildman–Crippen MR) is 79.2 cm³/mol. The number of fused-ring (bicyclic) bond motifs is 2. The zero-order valence-electron chi connectivity index (χ0n) is 12.2. The van der Waals surface area contributed by atoms with Crippen LogP contribution in [0.1, 0.15) is 67.4 Å². The van der Waals surface area contributed by atoms with Crippen molar-refractivity contribution in [3.05, 3.63) is 28.8 Å². The summed E-state index contributed by atoms with van der Waals surface area (Å²) < 4.78 is 0. The van der Waals surface area contributed by atoms with Crippen molar-refractivity contribution >= 4 is 11.6 Å². The van der Waals surface area contributed by atoms with Gasteiger partial charge >= 0.3 is 0 Å². The molecule has 19 heavy (non-hydrogen) atoms. The lowest BCUT2D eigenvalue weighted by Crippen LogP contribution is -2.40. The van der Waals surface area contributed by atoms with E-state index in [0.717, 1.165) is 35.2 Å². The van der Waals surface area contributed by atoms with Crippen molar-refractivity contribution in [1.29, 1.82) is 0 Å². The van der Waals surface area contributed by atoms with Crippen molar-refractivity contribution in [2.75, 3.05) is 5.73 Å². The van der Waals surface area contributed by atoms with Crippen molar-refractivity contribution < 1.29 is 4.79 Å². The quantitative estimate of drug-likeness (QED) is 0.701. The summed E-state index contributed by atoms with van der Waals surface area (Å²) in [6.45, 7) is 5.97. The molecule has 1 amide bonds. The standard InChI is InChI=1S/C14H18N2O.C2H6/c1-9-7-10(15)8-11-12(9)13(17)16-14(11)5-3-2-4-6-14;1-2/h7-8H,2-6,15H2,1H3,(H,16,17);1-2H3. The smallest absolute Gasteiger partial charge is 0.252 e.